The van der Waals surface area contributed by atoms with Crippen LogP contribution in [0.25, 0.3) is 0 Å². The van der Waals surface area contributed by atoms with Crippen LogP contribution < -0.4 is 4.90 Å². The van der Waals surface area contributed by atoms with Gasteiger partial charge in [-0.1, -0.05) is 23.7 Å². The van der Waals surface area contributed by atoms with Crippen LogP contribution in [-0.2, 0) is 0 Å². The molecular weight excluding hydrogens is 258 g/mol. The highest BCUT2D eigenvalue weighted by Crippen LogP contribution is 2.27. The molecule has 19 heavy (non-hydrogen) atoms. The van der Waals surface area contributed by atoms with E-state index in [1.165, 1.54) is 0 Å². The summed E-state index contributed by atoms with van der Waals surface area (Å²) in [6.07, 6.45) is 1.63. The fourth-order valence-corrected chi connectivity index (χ4v) is 2.07. The predicted octanol–water partition coefficient (Wildman–Crippen LogP) is 3.80. The lowest BCUT2D eigenvalue weighted by Crippen LogP contribution is -2.22. The Morgan fingerprint density at radius 2 is 1.95 bits per heavy atom. The van der Waals surface area contributed by atoms with Gasteiger partial charge >= 0.3 is 0 Å². The second-order valence-corrected chi connectivity index (χ2v) is 4.76. The van der Waals surface area contributed by atoms with E-state index in [1.807, 2.05) is 48.3 Å². The van der Waals surface area contributed by atoms with Crippen molar-refractivity contribution in [3.05, 3.63) is 58.9 Å². The zero-order valence-electron chi connectivity index (χ0n) is 10.8. The van der Waals surface area contributed by atoms with Crippen LogP contribution in [0.15, 0.2) is 42.6 Å². The Morgan fingerprint density at radius 3 is 2.58 bits per heavy atom. The lowest BCUT2D eigenvalue weighted by atomic mass is 10.1. The summed E-state index contributed by atoms with van der Waals surface area (Å²) in [5.41, 5.74) is 2.40. The van der Waals surface area contributed by atoms with Gasteiger partial charge in [0, 0.05) is 18.3 Å². The van der Waals surface area contributed by atoms with Gasteiger partial charge in [-0.3, -0.25) is 0 Å². The Balaban J connectivity index is 2.31. The van der Waals surface area contributed by atoms with Crippen LogP contribution in [0.4, 0.5) is 5.69 Å². The fraction of sp³-hybridized carbons (Fsp3) is 0.200. The summed E-state index contributed by atoms with van der Waals surface area (Å²) in [7, 11) is 1.96. The van der Waals surface area contributed by atoms with E-state index in [2.05, 4.69) is 18.0 Å². The summed E-state index contributed by atoms with van der Waals surface area (Å²) in [5, 5.41) is 9.82. The van der Waals surface area contributed by atoms with Gasteiger partial charge in [-0.05, 0) is 36.8 Å². The molecule has 2 aromatic rings. The molecule has 3 nitrogen and oxygen atoms in total. The molecule has 2 rings (SSSR count). The fourth-order valence-electron chi connectivity index (χ4n) is 1.94. The molecule has 0 aliphatic rings. The molecule has 0 aliphatic heterocycles. The number of aromatic nitrogens is 1. The molecule has 0 spiro atoms. The van der Waals surface area contributed by atoms with Crippen LogP contribution >= 0.6 is 11.6 Å². The summed E-state index contributed by atoms with van der Waals surface area (Å²) in [6, 6.07) is 13.7. The number of benzene rings is 1. The number of rotatable bonds is 3. The Morgan fingerprint density at radius 1 is 1.26 bits per heavy atom. The van der Waals surface area contributed by atoms with E-state index >= 15 is 0 Å². The molecule has 1 atom stereocenters. The topological polar surface area (TPSA) is 39.9 Å². The molecule has 0 aliphatic carbocycles. The maximum Gasteiger partial charge on any atom is 0.163 e. The third kappa shape index (κ3) is 2.86. The highest BCUT2D eigenvalue weighted by Gasteiger charge is 2.15. The van der Waals surface area contributed by atoms with Crippen molar-refractivity contribution in [2.45, 2.75) is 13.0 Å². The lowest BCUT2D eigenvalue weighted by molar-refractivity contribution is 0.737. The molecule has 0 saturated carbocycles. The molecule has 0 bridgehead atoms. The molecule has 0 saturated heterocycles. The van der Waals surface area contributed by atoms with Crippen LogP contribution in [-0.4, -0.2) is 12.0 Å². The first-order chi connectivity index (χ1) is 9.13. The summed E-state index contributed by atoms with van der Waals surface area (Å²) in [6.45, 7) is 2.08. The number of halogens is 1. The molecule has 4 heteroatoms. The third-order valence-corrected chi connectivity index (χ3v) is 3.46. The van der Waals surface area contributed by atoms with Crippen LogP contribution in [0.3, 0.4) is 0 Å². The first-order valence-electron chi connectivity index (χ1n) is 5.97. The van der Waals surface area contributed by atoms with Crippen LogP contribution in [0.1, 0.15) is 24.2 Å². The summed E-state index contributed by atoms with van der Waals surface area (Å²) >= 11 is 5.89. The zero-order chi connectivity index (χ0) is 13.8. The van der Waals surface area contributed by atoms with Gasteiger partial charge in [0.15, 0.2) is 5.69 Å². The summed E-state index contributed by atoms with van der Waals surface area (Å²) < 4.78 is 0. The van der Waals surface area contributed by atoms with Crippen molar-refractivity contribution >= 4 is 17.3 Å². The molecule has 0 amide bonds. The highest BCUT2D eigenvalue weighted by atomic mass is 35.5. The minimum atomic E-state index is 0.133. The third-order valence-electron chi connectivity index (χ3n) is 3.21. The SMILES string of the molecule is CC(c1ccc(Cl)cc1)N(C)c1cccnc1C#N. The average Bonchev–Trinajstić information content (AvgIpc) is 2.46. The molecule has 0 radical (unpaired) electrons. The Hall–Kier alpha value is -2.05. The molecule has 1 aromatic carbocycles. The predicted molar refractivity (Wildman–Crippen MR) is 77.2 cm³/mol. The second-order valence-electron chi connectivity index (χ2n) is 4.32. The minimum absolute atomic E-state index is 0.133. The van der Waals surface area contributed by atoms with Gasteiger partial charge in [-0.2, -0.15) is 5.26 Å². The number of hydrogen-bond acceptors (Lipinski definition) is 3. The van der Waals surface area contributed by atoms with E-state index in [1.54, 1.807) is 6.20 Å². The molecular formula is C15H14ClN3. The Kier molecular flexibility index (Phi) is 4.03. The molecule has 96 valence electrons. The number of anilines is 1. The van der Waals surface area contributed by atoms with Crippen molar-refractivity contribution < 1.29 is 0 Å². The highest BCUT2D eigenvalue weighted by molar-refractivity contribution is 6.30. The number of nitrogens with zero attached hydrogens (tertiary/aromatic N) is 3. The largest absolute Gasteiger partial charge is 0.365 e. The summed E-state index contributed by atoms with van der Waals surface area (Å²) in [4.78, 5) is 6.12. The number of pyridine rings is 1. The Bertz CT molecular complexity index is 602. The van der Waals surface area contributed by atoms with Gasteiger partial charge in [0.2, 0.25) is 0 Å². The molecule has 0 N–H and O–H groups in total. The standard InChI is InChI=1S/C15H14ClN3/c1-11(12-5-7-13(16)8-6-12)19(2)15-4-3-9-18-14(15)10-17/h3-9,11H,1-2H3. The van der Waals surface area contributed by atoms with Crippen LogP contribution in [0.5, 0.6) is 0 Å². The van der Waals surface area contributed by atoms with Crippen molar-refractivity contribution in [3.8, 4) is 6.07 Å². The van der Waals surface area contributed by atoms with E-state index in [-0.39, 0.29) is 6.04 Å². The average molecular weight is 272 g/mol. The quantitative estimate of drug-likeness (QED) is 0.852. The molecule has 1 unspecified atom stereocenters. The van der Waals surface area contributed by atoms with E-state index in [4.69, 9.17) is 16.9 Å². The first kappa shape index (κ1) is 13.4. The molecule has 1 aromatic heterocycles. The van der Waals surface area contributed by atoms with Crippen molar-refractivity contribution in [3.63, 3.8) is 0 Å². The molecule has 1 heterocycles. The minimum Gasteiger partial charge on any atom is -0.365 e. The van der Waals surface area contributed by atoms with Crippen molar-refractivity contribution in [1.82, 2.24) is 4.98 Å². The van der Waals surface area contributed by atoms with Gasteiger partial charge in [0.1, 0.15) is 6.07 Å². The van der Waals surface area contributed by atoms with Crippen molar-refractivity contribution in [2.24, 2.45) is 0 Å². The first-order valence-corrected chi connectivity index (χ1v) is 6.34. The lowest BCUT2D eigenvalue weighted by Gasteiger charge is -2.27. The van der Waals surface area contributed by atoms with Gasteiger partial charge in [0.05, 0.1) is 11.7 Å². The second kappa shape index (κ2) is 5.73. The monoisotopic (exact) mass is 271 g/mol. The zero-order valence-corrected chi connectivity index (χ0v) is 11.6. The van der Waals surface area contributed by atoms with E-state index in [0.29, 0.717) is 5.69 Å². The number of hydrogen-bond donors (Lipinski definition) is 0. The van der Waals surface area contributed by atoms with E-state index in [9.17, 15) is 0 Å². The van der Waals surface area contributed by atoms with E-state index < -0.39 is 0 Å². The van der Waals surface area contributed by atoms with Gasteiger partial charge in [-0.15, -0.1) is 0 Å². The van der Waals surface area contributed by atoms with Gasteiger partial charge in [-0.25, -0.2) is 4.98 Å². The smallest absolute Gasteiger partial charge is 0.163 e. The summed E-state index contributed by atoms with van der Waals surface area (Å²) in [5.74, 6) is 0. The maximum atomic E-state index is 9.10. The Labute approximate surface area is 118 Å². The van der Waals surface area contributed by atoms with Crippen LogP contribution in [0.2, 0.25) is 5.02 Å². The van der Waals surface area contributed by atoms with Crippen LogP contribution in [0, 0.1) is 11.3 Å². The maximum absolute atomic E-state index is 9.10. The normalized spacial score (nSPS) is 11.7. The van der Waals surface area contributed by atoms with E-state index in [0.717, 1.165) is 16.3 Å². The van der Waals surface area contributed by atoms with Gasteiger partial charge < -0.3 is 4.90 Å². The van der Waals surface area contributed by atoms with Gasteiger partial charge in [0.25, 0.3) is 0 Å². The number of nitriles is 1. The van der Waals surface area contributed by atoms with Crippen molar-refractivity contribution in [1.29, 1.82) is 5.26 Å². The molecule has 0 fully saturated rings. The van der Waals surface area contributed by atoms with Crippen molar-refractivity contribution in [2.75, 3.05) is 11.9 Å².